The lowest BCUT2D eigenvalue weighted by Gasteiger charge is -2.31. The van der Waals surface area contributed by atoms with Gasteiger partial charge in [0.1, 0.15) is 22.6 Å². The molecule has 3 aromatic rings. The number of rotatable bonds is 8. The van der Waals surface area contributed by atoms with E-state index >= 15 is 0 Å². The van der Waals surface area contributed by atoms with Gasteiger partial charge in [-0.05, 0) is 37.7 Å². The summed E-state index contributed by atoms with van der Waals surface area (Å²) in [6.07, 6.45) is 6.24. The van der Waals surface area contributed by atoms with Crippen LogP contribution >= 0.6 is 11.6 Å². The average molecular weight is 530 g/mol. The third-order valence-corrected chi connectivity index (χ3v) is 7.15. The molecule has 1 saturated carbocycles. The first kappa shape index (κ1) is 26.9. The van der Waals surface area contributed by atoms with Crippen LogP contribution in [0.4, 0.5) is 4.79 Å². The minimum Gasteiger partial charge on any atom is -0.463 e. The van der Waals surface area contributed by atoms with Gasteiger partial charge in [-0.3, -0.25) is 4.98 Å². The third kappa shape index (κ3) is 5.73. The van der Waals surface area contributed by atoms with Crippen LogP contribution < -0.4 is 5.73 Å². The molecule has 3 heterocycles. The zero-order valence-corrected chi connectivity index (χ0v) is 22.2. The first-order valence-corrected chi connectivity index (χ1v) is 12.5. The summed E-state index contributed by atoms with van der Waals surface area (Å²) >= 11 is 6.28. The van der Waals surface area contributed by atoms with Crippen LogP contribution in [-0.4, -0.2) is 62.4 Å². The number of pyridine rings is 1. The molecule has 37 heavy (non-hydrogen) atoms. The number of aliphatic imine (C=N–C) groups is 1. The molecule has 3 aromatic heterocycles. The standard InChI is InChI=1S/C25H32ClN7O4/c1-14-5-7-15(8-6-14)12-33-19-18(16-9-17(26)11-28-10-16)29-22(20(27)30-24(34)35)31-21(19)32-23(33)25(2,37-4)13-36-3/h9-11,14-15H,5-8,12-13H2,1-4H3,(H2,27,30)(H,34,35). The zero-order chi connectivity index (χ0) is 26.7. The zero-order valence-electron chi connectivity index (χ0n) is 21.4. The second kappa shape index (κ2) is 11.1. The summed E-state index contributed by atoms with van der Waals surface area (Å²) < 4.78 is 13.5. The largest absolute Gasteiger partial charge is 0.463 e. The van der Waals surface area contributed by atoms with Crippen molar-refractivity contribution < 1.29 is 19.4 Å². The Labute approximate surface area is 220 Å². The molecule has 1 aliphatic carbocycles. The van der Waals surface area contributed by atoms with E-state index in [1.54, 1.807) is 26.5 Å². The molecule has 0 aromatic carbocycles. The van der Waals surface area contributed by atoms with Crippen LogP contribution in [0.25, 0.3) is 22.4 Å². The van der Waals surface area contributed by atoms with Crippen molar-refractivity contribution in [2.45, 2.75) is 51.7 Å². The van der Waals surface area contributed by atoms with Crippen molar-refractivity contribution in [1.29, 1.82) is 0 Å². The highest BCUT2D eigenvalue weighted by Crippen LogP contribution is 2.36. The molecule has 1 fully saturated rings. The SMILES string of the molecule is COCC(C)(OC)c1nc2nc(/C(N)=N/C(=O)O)nc(-c3cncc(Cl)c3)c2n1CC1CCC(C)CC1. The van der Waals surface area contributed by atoms with E-state index in [4.69, 9.17) is 36.9 Å². The van der Waals surface area contributed by atoms with Crippen LogP contribution in [0.15, 0.2) is 23.5 Å². The first-order valence-electron chi connectivity index (χ1n) is 12.2. The van der Waals surface area contributed by atoms with E-state index in [2.05, 4.69) is 31.4 Å². The summed E-state index contributed by atoms with van der Waals surface area (Å²) in [5.41, 5.74) is 7.14. The quantitative estimate of drug-likeness (QED) is 0.322. The van der Waals surface area contributed by atoms with Crippen molar-refractivity contribution >= 4 is 34.7 Å². The van der Waals surface area contributed by atoms with Gasteiger partial charge in [0.05, 0.1) is 11.6 Å². The molecule has 3 N–H and O–H groups in total. The smallest absolute Gasteiger partial charge is 0.433 e. The van der Waals surface area contributed by atoms with Gasteiger partial charge in [0.2, 0.25) is 0 Å². The maximum Gasteiger partial charge on any atom is 0.433 e. The Balaban J connectivity index is 2.01. The number of aromatic nitrogens is 5. The van der Waals surface area contributed by atoms with Crippen LogP contribution in [0.2, 0.25) is 5.02 Å². The average Bonchev–Trinajstić information content (AvgIpc) is 3.23. The van der Waals surface area contributed by atoms with Gasteiger partial charge in [0.15, 0.2) is 17.3 Å². The van der Waals surface area contributed by atoms with Crippen LogP contribution in [0.3, 0.4) is 0 Å². The van der Waals surface area contributed by atoms with Gasteiger partial charge in [-0.15, -0.1) is 0 Å². The molecule has 4 rings (SSSR count). The lowest BCUT2D eigenvalue weighted by molar-refractivity contribution is -0.0637. The second-order valence-electron chi connectivity index (χ2n) is 9.78. The van der Waals surface area contributed by atoms with Crippen LogP contribution in [0, 0.1) is 11.8 Å². The third-order valence-electron chi connectivity index (χ3n) is 6.95. The summed E-state index contributed by atoms with van der Waals surface area (Å²) in [6, 6.07) is 1.73. The highest BCUT2D eigenvalue weighted by molar-refractivity contribution is 6.30. The molecule has 0 aliphatic heterocycles. The number of carbonyl (C=O) groups is 1. The highest BCUT2D eigenvalue weighted by Gasteiger charge is 2.35. The number of hydrogen-bond donors (Lipinski definition) is 2. The molecule has 198 valence electrons. The molecular weight excluding hydrogens is 498 g/mol. The Hall–Kier alpha value is -3.15. The number of nitrogens with zero attached hydrogens (tertiary/aromatic N) is 6. The van der Waals surface area contributed by atoms with Crippen LogP contribution in [0.1, 0.15) is 51.2 Å². The molecule has 0 saturated heterocycles. The molecule has 1 amide bonds. The molecule has 0 radical (unpaired) electrons. The summed E-state index contributed by atoms with van der Waals surface area (Å²) in [7, 11) is 3.22. The number of fused-ring (bicyclic) bond motifs is 1. The first-order chi connectivity index (χ1) is 17.6. The summed E-state index contributed by atoms with van der Waals surface area (Å²) in [4.78, 5) is 32.8. The number of imidazole rings is 1. The fraction of sp³-hybridized carbons (Fsp3) is 0.520. The van der Waals surface area contributed by atoms with E-state index in [0.717, 1.165) is 12.8 Å². The molecule has 0 spiro atoms. The molecule has 1 unspecified atom stereocenters. The van der Waals surface area contributed by atoms with E-state index in [0.29, 0.717) is 51.6 Å². The number of ether oxygens (including phenoxy) is 2. The van der Waals surface area contributed by atoms with E-state index in [9.17, 15) is 4.79 Å². The van der Waals surface area contributed by atoms with Gasteiger partial charge in [0.25, 0.3) is 0 Å². The number of amides is 1. The Bertz CT molecular complexity index is 1320. The molecular formula is C25H32ClN7O4. The lowest BCUT2D eigenvalue weighted by atomic mass is 9.83. The fourth-order valence-corrected chi connectivity index (χ4v) is 5.06. The van der Waals surface area contributed by atoms with Crippen molar-refractivity contribution in [3.63, 3.8) is 0 Å². The Morgan fingerprint density at radius 3 is 2.59 bits per heavy atom. The number of hydrogen-bond acceptors (Lipinski definition) is 7. The van der Waals surface area contributed by atoms with E-state index in [-0.39, 0.29) is 18.3 Å². The van der Waals surface area contributed by atoms with Gasteiger partial charge >= 0.3 is 6.09 Å². The van der Waals surface area contributed by atoms with Gasteiger partial charge in [-0.25, -0.2) is 19.7 Å². The van der Waals surface area contributed by atoms with Crippen molar-refractivity contribution in [2.75, 3.05) is 20.8 Å². The van der Waals surface area contributed by atoms with E-state index in [1.165, 1.54) is 19.0 Å². The number of carboxylic acid groups (broad SMARTS) is 1. The maximum absolute atomic E-state index is 11.2. The summed E-state index contributed by atoms with van der Waals surface area (Å²) in [5.74, 6) is 1.37. The minimum atomic E-state index is -1.45. The number of nitrogens with two attached hydrogens (primary N) is 1. The van der Waals surface area contributed by atoms with Crippen LogP contribution in [0.5, 0.6) is 0 Å². The predicted octanol–water partition coefficient (Wildman–Crippen LogP) is 4.26. The second-order valence-corrected chi connectivity index (χ2v) is 10.2. The van der Waals surface area contributed by atoms with Gasteiger partial charge in [-0.2, -0.15) is 4.99 Å². The Kier molecular flexibility index (Phi) is 8.05. The number of amidine groups is 1. The Morgan fingerprint density at radius 1 is 1.24 bits per heavy atom. The number of methoxy groups -OCH3 is 2. The minimum absolute atomic E-state index is 0.0570. The summed E-state index contributed by atoms with van der Waals surface area (Å²) in [5, 5.41) is 9.55. The lowest BCUT2D eigenvalue weighted by Crippen LogP contribution is -2.34. The summed E-state index contributed by atoms with van der Waals surface area (Å²) in [6.45, 7) is 5.14. The molecule has 11 nitrogen and oxygen atoms in total. The molecule has 0 bridgehead atoms. The van der Waals surface area contributed by atoms with Gasteiger partial charge in [0, 0.05) is 38.7 Å². The van der Waals surface area contributed by atoms with Crippen molar-refractivity contribution in [3.8, 4) is 11.3 Å². The van der Waals surface area contributed by atoms with Gasteiger partial charge < -0.3 is 24.9 Å². The molecule has 1 aliphatic rings. The topological polar surface area (TPSA) is 151 Å². The fourth-order valence-electron chi connectivity index (χ4n) is 4.89. The maximum atomic E-state index is 11.2. The monoisotopic (exact) mass is 529 g/mol. The van der Waals surface area contributed by atoms with Crippen molar-refractivity contribution in [1.82, 2.24) is 24.5 Å². The molecule has 1 atom stereocenters. The molecule has 12 heteroatoms. The van der Waals surface area contributed by atoms with E-state index in [1.807, 2.05) is 6.92 Å². The van der Waals surface area contributed by atoms with Crippen molar-refractivity contribution in [3.05, 3.63) is 35.1 Å². The van der Waals surface area contributed by atoms with Crippen molar-refractivity contribution in [2.24, 2.45) is 22.6 Å². The number of halogens is 1. The van der Waals surface area contributed by atoms with Crippen LogP contribution in [-0.2, 0) is 21.6 Å². The van der Waals surface area contributed by atoms with Gasteiger partial charge in [-0.1, -0.05) is 31.4 Å². The highest BCUT2D eigenvalue weighted by atomic mass is 35.5. The predicted molar refractivity (Wildman–Crippen MR) is 140 cm³/mol. The Morgan fingerprint density at radius 2 is 1.97 bits per heavy atom. The normalized spacial score (nSPS) is 20.2. The van der Waals surface area contributed by atoms with E-state index < -0.39 is 11.7 Å².